The summed E-state index contributed by atoms with van der Waals surface area (Å²) in [5.74, 6) is 2.47. The second-order valence-corrected chi connectivity index (χ2v) is 6.89. The molecule has 7 heteroatoms. The molecule has 2 fully saturated rings. The number of anilines is 1. The highest BCUT2D eigenvalue weighted by Gasteiger charge is 2.29. The maximum Gasteiger partial charge on any atom is 0.178 e. The van der Waals surface area contributed by atoms with Gasteiger partial charge in [0.2, 0.25) is 0 Å². The minimum Gasteiger partial charge on any atom is -0.367 e. The Labute approximate surface area is 136 Å². The summed E-state index contributed by atoms with van der Waals surface area (Å²) in [6.07, 6.45) is 2.42. The number of nitrogens with one attached hydrogen (secondary N) is 1. The van der Waals surface area contributed by atoms with Crippen molar-refractivity contribution in [2.24, 2.45) is 0 Å². The predicted octanol–water partition coefficient (Wildman–Crippen LogP) is 1.05. The number of likely N-dealkylation sites (N-methyl/N-ethyl adjacent to an activating group) is 1. The summed E-state index contributed by atoms with van der Waals surface area (Å²) in [4.78, 5) is 4.93. The second kappa shape index (κ2) is 6.05. The minimum absolute atomic E-state index is 0.505. The average Bonchev–Trinajstić information content (AvgIpc) is 3.33. The van der Waals surface area contributed by atoms with Crippen LogP contribution in [0.25, 0.3) is 5.65 Å². The lowest BCUT2D eigenvalue weighted by atomic mass is 10.2. The number of hydrogen-bond donors (Lipinski definition) is 1. The first kappa shape index (κ1) is 14.8. The molecule has 1 saturated heterocycles. The lowest BCUT2D eigenvalue weighted by molar-refractivity contribution is 0.123. The van der Waals surface area contributed by atoms with Crippen molar-refractivity contribution in [1.29, 1.82) is 0 Å². The van der Waals surface area contributed by atoms with E-state index < -0.39 is 0 Å². The van der Waals surface area contributed by atoms with Gasteiger partial charge in [-0.25, -0.2) is 0 Å². The molecule has 2 aromatic heterocycles. The van der Waals surface area contributed by atoms with Crippen LogP contribution in [0.4, 0.5) is 5.82 Å². The molecule has 0 radical (unpaired) electrons. The van der Waals surface area contributed by atoms with Gasteiger partial charge in [0, 0.05) is 44.7 Å². The van der Waals surface area contributed by atoms with Gasteiger partial charge in [-0.2, -0.15) is 4.52 Å². The van der Waals surface area contributed by atoms with Gasteiger partial charge in [-0.15, -0.1) is 15.3 Å². The van der Waals surface area contributed by atoms with Crippen molar-refractivity contribution >= 4 is 11.5 Å². The van der Waals surface area contributed by atoms with Crippen molar-refractivity contribution in [2.45, 2.75) is 31.7 Å². The van der Waals surface area contributed by atoms with Crippen molar-refractivity contribution in [3.8, 4) is 0 Å². The van der Waals surface area contributed by atoms with Crippen LogP contribution in [0.1, 0.15) is 31.5 Å². The third-order valence-corrected chi connectivity index (χ3v) is 4.97. The largest absolute Gasteiger partial charge is 0.367 e. The van der Waals surface area contributed by atoms with E-state index in [4.69, 9.17) is 0 Å². The Kier molecular flexibility index (Phi) is 3.90. The van der Waals surface area contributed by atoms with Crippen molar-refractivity contribution in [3.63, 3.8) is 0 Å². The quantitative estimate of drug-likeness (QED) is 0.890. The minimum atomic E-state index is 0.505. The van der Waals surface area contributed by atoms with E-state index in [1.54, 1.807) is 0 Å². The molecule has 4 rings (SSSR count). The third kappa shape index (κ3) is 3.16. The van der Waals surface area contributed by atoms with E-state index in [0.717, 1.165) is 50.0 Å². The fraction of sp³-hybridized carbons (Fsp3) is 0.688. The van der Waals surface area contributed by atoms with Gasteiger partial charge in [-0.05, 0) is 38.9 Å². The van der Waals surface area contributed by atoms with Crippen LogP contribution in [-0.2, 0) is 0 Å². The Morgan fingerprint density at radius 2 is 1.96 bits per heavy atom. The SMILES string of the molecule is CC(CNc1ccc2nnc(C3CC3)n2n1)N1CCN(C)CC1. The van der Waals surface area contributed by atoms with E-state index in [9.17, 15) is 0 Å². The Morgan fingerprint density at radius 3 is 2.70 bits per heavy atom. The zero-order valence-electron chi connectivity index (χ0n) is 13.9. The number of rotatable bonds is 5. The number of aromatic nitrogens is 4. The molecule has 2 aliphatic rings. The summed E-state index contributed by atoms with van der Waals surface area (Å²) in [5.41, 5.74) is 0.838. The van der Waals surface area contributed by atoms with Gasteiger partial charge < -0.3 is 10.2 Å². The molecule has 1 aliphatic carbocycles. The molecule has 1 atom stereocenters. The molecule has 7 nitrogen and oxygen atoms in total. The van der Waals surface area contributed by atoms with Gasteiger partial charge in [-0.3, -0.25) is 4.90 Å². The summed E-state index contributed by atoms with van der Waals surface area (Å²) in [6, 6.07) is 4.50. The molecule has 0 aromatic carbocycles. The van der Waals surface area contributed by atoms with Crippen LogP contribution >= 0.6 is 0 Å². The van der Waals surface area contributed by atoms with E-state index >= 15 is 0 Å². The van der Waals surface area contributed by atoms with Gasteiger partial charge >= 0.3 is 0 Å². The van der Waals surface area contributed by atoms with Crippen molar-refractivity contribution < 1.29 is 0 Å². The smallest absolute Gasteiger partial charge is 0.178 e. The van der Waals surface area contributed by atoms with Crippen LogP contribution in [0.3, 0.4) is 0 Å². The zero-order chi connectivity index (χ0) is 15.8. The van der Waals surface area contributed by atoms with Gasteiger partial charge in [0.25, 0.3) is 0 Å². The van der Waals surface area contributed by atoms with Crippen LogP contribution < -0.4 is 5.32 Å². The molecule has 0 spiro atoms. The Morgan fingerprint density at radius 1 is 1.17 bits per heavy atom. The van der Waals surface area contributed by atoms with E-state index in [1.807, 2.05) is 16.6 Å². The first-order valence-electron chi connectivity index (χ1n) is 8.59. The molecular formula is C16H25N7. The summed E-state index contributed by atoms with van der Waals surface area (Å²) < 4.78 is 1.90. The Bertz CT molecular complexity index is 670. The molecule has 1 N–H and O–H groups in total. The van der Waals surface area contributed by atoms with Crippen molar-refractivity contribution in [2.75, 3.05) is 45.1 Å². The topological polar surface area (TPSA) is 61.6 Å². The van der Waals surface area contributed by atoms with Crippen LogP contribution in [0.5, 0.6) is 0 Å². The zero-order valence-corrected chi connectivity index (χ0v) is 13.9. The highest BCUT2D eigenvalue weighted by molar-refractivity contribution is 5.44. The molecular weight excluding hydrogens is 290 g/mol. The monoisotopic (exact) mass is 315 g/mol. The second-order valence-electron chi connectivity index (χ2n) is 6.89. The predicted molar refractivity (Wildman–Crippen MR) is 89.8 cm³/mol. The third-order valence-electron chi connectivity index (χ3n) is 4.97. The fourth-order valence-electron chi connectivity index (χ4n) is 3.14. The first-order valence-corrected chi connectivity index (χ1v) is 8.59. The summed E-state index contributed by atoms with van der Waals surface area (Å²) in [6.45, 7) is 7.78. The molecule has 0 amide bonds. The Hall–Kier alpha value is -1.73. The van der Waals surface area contributed by atoms with E-state index in [0.29, 0.717) is 12.0 Å². The Balaban J connectivity index is 1.40. The van der Waals surface area contributed by atoms with Crippen LogP contribution in [0, 0.1) is 0 Å². The average molecular weight is 315 g/mol. The highest BCUT2D eigenvalue weighted by atomic mass is 15.4. The summed E-state index contributed by atoms with van der Waals surface area (Å²) in [5, 5.41) is 16.6. The van der Waals surface area contributed by atoms with Gasteiger partial charge in [0.15, 0.2) is 11.5 Å². The van der Waals surface area contributed by atoms with Crippen LogP contribution in [0.2, 0.25) is 0 Å². The number of hydrogen-bond acceptors (Lipinski definition) is 6. The fourth-order valence-corrected chi connectivity index (χ4v) is 3.14. The highest BCUT2D eigenvalue weighted by Crippen LogP contribution is 2.38. The molecule has 1 unspecified atom stereocenters. The van der Waals surface area contributed by atoms with E-state index in [1.165, 1.54) is 12.8 Å². The number of nitrogens with zero attached hydrogens (tertiary/aromatic N) is 6. The van der Waals surface area contributed by atoms with Gasteiger partial charge in [0.1, 0.15) is 5.82 Å². The maximum absolute atomic E-state index is 4.68. The lowest BCUT2D eigenvalue weighted by Crippen LogP contribution is -2.49. The van der Waals surface area contributed by atoms with Crippen molar-refractivity contribution in [1.82, 2.24) is 29.6 Å². The molecule has 1 saturated carbocycles. The summed E-state index contributed by atoms with van der Waals surface area (Å²) in [7, 11) is 2.19. The number of fused-ring (bicyclic) bond motifs is 1. The maximum atomic E-state index is 4.68. The normalized spacial score (nSPS) is 21.7. The molecule has 3 heterocycles. The van der Waals surface area contributed by atoms with Crippen LogP contribution in [0.15, 0.2) is 12.1 Å². The van der Waals surface area contributed by atoms with Gasteiger partial charge in [0.05, 0.1) is 0 Å². The summed E-state index contributed by atoms with van der Waals surface area (Å²) >= 11 is 0. The lowest BCUT2D eigenvalue weighted by Gasteiger charge is -2.36. The van der Waals surface area contributed by atoms with E-state index in [2.05, 4.69) is 44.4 Å². The van der Waals surface area contributed by atoms with Crippen LogP contribution in [-0.4, -0.2) is 75.4 Å². The standard InChI is InChI=1S/C16H25N7/c1-12(22-9-7-21(2)8-10-22)11-17-14-5-6-15-18-19-16(13-3-4-13)23(15)20-14/h5-6,12-13H,3-4,7-11H2,1-2H3,(H,17,20). The molecule has 124 valence electrons. The van der Waals surface area contributed by atoms with Gasteiger partial charge in [-0.1, -0.05) is 0 Å². The van der Waals surface area contributed by atoms with E-state index in [-0.39, 0.29) is 0 Å². The molecule has 1 aliphatic heterocycles. The molecule has 2 aromatic rings. The van der Waals surface area contributed by atoms with Crippen molar-refractivity contribution in [3.05, 3.63) is 18.0 Å². The first-order chi connectivity index (χ1) is 11.2. The number of piperazine rings is 1. The molecule has 23 heavy (non-hydrogen) atoms. The molecule has 0 bridgehead atoms.